The van der Waals surface area contributed by atoms with E-state index >= 15 is 0 Å². The number of nitrogens with one attached hydrogen (secondary N) is 4. The number of methoxy groups -OCH3 is 2. The van der Waals surface area contributed by atoms with Gasteiger partial charge in [0.05, 0.1) is 26.3 Å². The first kappa shape index (κ1) is 18.9. The smallest absolute Gasteiger partial charge is 0.118 e. The SMILES string of the molecule is COc1ccc(C2NC3CC4CNNC4CC3NC2c2ccc(OC)cc2)cc1. The van der Waals surface area contributed by atoms with Crippen molar-refractivity contribution in [2.24, 2.45) is 5.92 Å². The van der Waals surface area contributed by atoms with Crippen molar-refractivity contribution in [3.8, 4) is 11.5 Å². The van der Waals surface area contributed by atoms with Crippen LogP contribution in [0.5, 0.6) is 11.5 Å². The Balaban J connectivity index is 1.46. The van der Waals surface area contributed by atoms with Crippen LogP contribution in [0.3, 0.4) is 0 Å². The molecule has 0 amide bonds. The molecular formula is C23H30N4O2. The Morgan fingerprint density at radius 1 is 0.690 bits per heavy atom. The van der Waals surface area contributed by atoms with Gasteiger partial charge in [0.15, 0.2) is 0 Å². The van der Waals surface area contributed by atoms with Crippen LogP contribution in [0.1, 0.15) is 36.1 Å². The number of ether oxygens (including phenoxy) is 2. The van der Waals surface area contributed by atoms with Crippen LogP contribution in [0.4, 0.5) is 0 Å². The molecule has 6 heteroatoms. The molecule has 3 fully saturated rings. The Morgan fingerprint density at radius 3 is 1.72 bits per heavy atom. The van der Waals surface area contributed by atoms with E-state index < -0.39 is 0 Å². The molecule has 2 saturated heterocycles. The van der Waals surface area contributed by atoms with Crippen molar-refractivity contribution in [1.29, 1.82) is 0 Å². The first-order valence-electron chi connectivity index (χ1n) is 10.5. The monoisotopic (exact) mass is 394 g/mol. The molecule has 6 unspecified atom stereocenters. The lowest BCUT2D eigenvalue weighted by Gasteiger charge is -2.49. The molecule has 154 valence electrons. The minimum absolute atomic E-state index is 0.196. The van der Waals surface area contributed by atoms with Crippen LogP contribution in [0.15, 0.2) is 48.5 Å². The van der Waals surface area contributed by atoms with Gasteiger partial charge in [0.25, 0.3) is 0 Å². The Bertz CT molecular complexity index is 756. The predicted molar refractivity (Wildman–Crippen MR) is 113 cm³/mol. The van der Waals surface area contributed by atoms with Gasteiger partial charge >= 0.3 is 0 Å². The Labute approximate surface area is 172 Å². The van der Waals surface area contributed by atoms with Crippen molar-refractivity contribution in [2.45, 2.75) is 43.1 Å². The van der Waals surface area contributed by atoms with Crippen LogP contribution in [0, 0.1) is 5.92 Å². The van der Waals surface area contributed by atoms with E-state index in [-0.39, 0.29) is 12.1 Å². The molecule has 2 aliphatic heterocycles. The normalized spacial score (nSPS) is 33.6. The summed E-state index contributed by atoms with van der Waals surface area (Å²) >= 11 is 0. The third-order valence-corrected chi connectivity index (χ3v) is 6.84. The number of hydrazine groups is 1. The number of fused-ring (bicyclic) bond motifs is 2. The maximum Gasteiger partial charge on any atom is 0.118 e. The summed E-state index contributed by atoms with van der Waals surface area (Å²) in [7, 11) is 3.42. The summed E-state index contributed by atoms with van der Waals surface area (Å²) in [6, 6.07) is 18.8. The standard InChI is InChI=1S/C23H30N4O2/c1-28-17-7-3-14(4-8-17)22-23(15-5-9-18(29-2)10-6-15)26-21-12-19-16(13-24-27-19)11-20(21)25-22/h3-10,16,19-27H,11-13H2,1-2H3. The second-order valence-corrected chi connectivity index (χ2v) is 8.41. The molecule has 5 rings (SSSR count). The van der Waals surface area contributed by atoms with Gasteiger partial charge in [0.1, 0.15) is 11.5 Å². The van der Waals surface area contributed by atoms with Gasteiger partial charge in [-0.25, -0.2) is 0 Å². The summed E-state index contributed by atoms with van der Waals surface area (Å²) in [5.74, 6) is 2.47. The molecule has 0 radical (unpaired) electrons. The minimum atomic E-state index is 0.196. The van der Waals surface area contributed by atoms with Crippen LogP contribution in [-0.4, -0.2) is 38.9 Å². The highest BCUT2D eigenvalue weighted by atomic mass is 16.5. The van der Waals surface area contributed by atoms with Gasteiger partial charge in [-0.05, 0) is 54.2 Å². The van der Waals surface area contributed by atoms with E-state index in [0.29, 0.717) is 24.0 Å². The van der Waals surface area contributed by atoms with Crippen molar-refractivity contribution >= 4 is 0 Å². The largest absolute Gasteiger partial charge is 0.497 e. The number of hydrogen-bond donors (Lipinski definition) is 4. The van der Waals surface area contributed by atoms with Crippen molar-refractivity contribution in [3.63, 3.8) is 0 Å². The molecule has 3 aliphatic rings. The molecule has 29 heavy (non-hydrogen) atoms. The summed E-state index contributed by atoms with van der Waals surface area (Å²) in [5.41, 5.74) is 9.38. The molecule has 0 bridgehead atoms. The van der Waals surface area contributed by atoms with Crippen LogP contribution in [0.25, 0.3) is 0 Å². The zero-order valence-electron chi connectivity index (χ0n) is 17.0. The Kier molecular flexibility index (Phi) is 5.18. The van der Waals surface area contributed by atoms with Gasteiger partial charge in [0.2, 0.25) is 0 Å². The molecule has 4 N–H and O–H groups in total. The first-order valence-corrected chi connectivity index (χ1v) is 10.5. The highest BCUT2D eigenvalue weighted by Crippen LogP contribution is 2.39. The molecule has 0 aromatic heterocycles. The van der Waals surface area contributed by atoms with Crippen molar-refractivity contribution < 1.29 is 9.47 Å². The molecule has 2 aromatic carbocycles. The van der Waals surface area contributed by atoms with Gasteiger partial charge in [-0.3, -0.25) is 10.9 Å². The maximum atomic E-state index is 5.36. The highest BCUT2D eigenvalue weighted by molar-refractivity contribution is 5.36. The zero-order chi connectivity index (χ0) is 19.8. The van der Waals surface area contributed by atoms with E-state index in [1.807, 2.05) is 12.1 Å². The van der Waals surface area contributed by atoms with E-state index in [0.717, 1.165) is 24.5 Å². The highest BCUT2D eigenvalue weighted by Gasteiger charge is 2.45. The quantitative estimate of drug-likeness (QED) is 0.638. The van der Waals surface area contributed by atoms with E-state index in [2.05, 4.69) is 57.9 Å². The molecular weight excluding hydrogens is 364 g/mol. The molecule has 1 aliphatic carbocycles. The third kappa shape index (κ3) is 3.62. The lowest BCUT2D eigenvalue weighted by Crippen LogP contribution is -2.63. The van der Waals surface area contributed by atoms with Crippen LogP contribution in [0.2, 0.25) is 0 Å². The van der Waals surface area contributed by atoms with Crippen LogP contribution in [-0.2, 0) is 0 Å². The number of hydrogen-bond acceptors (Lipinski definition) is 6. The first-order chi connectivity index (χ1) is 14.2. The zero-order valence-corrected chi connectivity index (χ0v) is 17.0. The van der Waals surface area contributed by atoms with E-state index in [1.165, 1.54) is 17.5 Å². The number of piperazine rings is 1. The fraction of sp³-hybridized carbons (Fsp3) is 0.478. The fourth-order valence-corrected chi connectivity index (χ4v) is 5.23. The lowest BCUT2D eigenvalue weighted by molar-refractivity contribution is 0.132. The number of benzene rings is 2. The van der Waals surface area contributed by atoms with Crippen molar-refractivity contribution in [2.75, 3.05) is 20.8 Å². The Hall–Kier alpha value is -2.12. The average molecular weight is 395 g/mol. The maximum absolute atomic E-state index is 5.36. The van der Waals surface area contributed by atoms with Crippen LogP contribution < -0.4 is 31.0 Å². The van der Waals surface area contributed by atoms with Gasteiger partial charge in [-0.1, -0.05) is 24.3 Å². The summed E-state index contributed by atoms with van der Waals surface area (Å²) in [6.07, 6.45) is 2.32. The van der Waals surface area contributed by atoms with Gasteiger partial charge in [0, 0.05) is 24.7 Å². The molecule has 1 saturated carbocycles. The summed E-state index contributed by atoms with van der Waals surface area (Å²) in [5, 5.41) is 8.01. The van der Waals surface area contributed by atoms with Crippen molar-refractivity contribution in [1.82, 2.24) is 21.5 Å². The second-order valence-electron chi connectivity index (χ2n) is 8.41. The average Bonchev–Trinajstić information content (AvgIpc) is 3.24. The molecule has 6 nitrogen and oxygen atoms in total. The van der Waals surface area contributed by atoms with Gasteiger partial charge in [-0.2, -0.15) is 0 Å². The lowest BCUT2D eigenvalue weighted by atomic mass is 9.76. The van der Waals surface area contributed by atoms with E-state index in [4.69, 9.17) is 9.47 Å². The number of rotatable bonds is 4. The summed E-state index contributed by atoms with van der Waals surface area (Å²) < 4.78 is 10.7. The molecule has 2 heterocycles. The molecule has 0 spiro atoms. The van der Waals surface area contributed by atoms with Gasteiger partial charge < -0.3 is 20.1 Å². The Morgan fingerprint density at radius 2 is 1.21 bits per heavy atom. The summed E-state index contributed by atoms with van der Waals surface area (Å²) in [6.45, 7) is 1.06. The predicted octanol–water partition coefficient (Wildman–Crippen LogP) is 2.30. The second kappa shape index (κ2) is 7.95. The fourth-order valence-electron chi connectivity index (χ4n) is 5.23. The van der Waals surface area contributed by atoms with E-state index in [9.17, 15) is 0 Å². The molecule has 6 atom stereocenters. The minimum Gasteiger partial charge on any atom is -0.497 e. The van der Waals surface area contributed by atoms with Crippen molar-refractivity contribution in [3.05, 3.63) is 59.7 Å². The van der Waals surface area contributed by atoms with E-state index in [1.54, 1.807) is 14.2 Å². The topological polar surface area (TPSA) is 66.6 Å². The third-order valence-electron chi connectivity index (χ3n) is 6.84. The molecule has 2 aromatic rings. The van der Waals surface area contributed by atoms with Gasteiger partial charge in [-0.15, -0.1) is 0 Å². The van der Waals surface area contributed by atoms with Crippen LogP contribution >= 0.6 is 0 Å². The summed E-state index contributed by atoms with van der Waals surface area (Å²) in [4.78, 5) is 0.